The fourth-order valence-corrected chi connectivity index (χ4v) is 1.55. The van der Waals surface area contributed by atoms with Crippen molar-refractivity contribution >= 4 is 29.5 Å². The Hall–Kier alpha value is -0.530. The molecule has 0 saturated heterocycles. The minimum absolute atomic E-state index is 0.511. The summed E-state index contributed by atoms with van der Waals surface area (Å²) in [5.41, 5.74) is 1.000. The number of aryl methyl sites for hydroxylation is 1. The second-order valence-electron chi connectivity index (χ2n) is 2.48. The maximum Gasteiger partial charge on any atom is 0.120 e. The van der Waals surface area contributed by atoms with Crippen LogP contribution in [0.4, 0.5) is 0 Å². The van der Waals surface area contributed by atoms with Crippen LogP contribution in [0.5, 0.6) is 0 Å². The lowest BCUT2D eigenvalue weighted by atomic mass is 10.1. The van der Waals surface area contributed by atoms with Gasteiger partial charge in [0.1, 0.15) is 6.29 Å². The molecule has 0 N–H and O–H groups in total. The van der Waals surface area contributed by atoms with Crippen molar-refractivity contribution in [1.29, 1.82) is 0 Å². The highest BCUT2D eigenvalue weighted by molar-refractivity contribution is 6.34. The van der Waals surface area contributed by atoms with Crippen molar-refractivity contribution in [3.8, 4) is 0 Å². The van der Waals surface area contributed by atoms with Gasteiger partial charge >= 0.3 is 0 Å². The number of halogens is 2. The molecular formula is C9H8Cl2O. The highest BCUT2D eigenvalue weighted by Gasteiger charge is 1.97. The number of rotatable bonds is 3. The lowest BCUT2D eigenvalue weighted by Gasteiger charge is -1.99. The first kappa shape index (κ1) is 9.56. The van der Waals surface area contributed by atoms with Crippen LogP contribution in [0.1, 0.15) is 12.0 Å². The van der Waals surface area contributed by atoms with E-state index in [9.17, 15) is 4.79 Å². The summed E-state index contributed by atoms with van der Waals surface area (Å²) in [4.78, 5) is 10.1. The van der Waals surface area contributed by atoms with Crippen molar-refractivity contribution in [2.45, 2.75) is 12.8 Å². The lowest BCUT2D eigenvalue weighted by Crippen LogP contribution is -1.85. The molecule has 0 aliphatic heterocycles. The largest absolute Gasteiger partial charge is 0.303 e. The number of aldehydes is 1. The van der Waals surface area contributed by atoms with Crippen molar-refractivity contribution < 1.29 is 4.79 Å². The number of carbonyl (C=O) groups excluding carboxylic acids is 1. The highest BCUT2D eigenvalue weighted by atomic mass is 35.5. The van der Waals surface area contributed by atoms with E-state index in [1.807, 2.05) is 12.1 Å². The Labute approximate surface area is 81.3 Å². The van der Waals surface area contributed by atoms with Gasteiger partial charge in [0.15, 0.2) is 0 Å². The van der Waals surface area contributed by atoms with Crippen molar-refractivity contribution in [3.63, 3.8) is 0 Å². The summed E-state index contributed by atoms with van der Waals surface area (Å²) >= 11 is 11.5. The molecule has 1 nitrogen and oxygen atoms in total. The third kappa shape index (κ3) is 2.84. The Kier molecular flexibility index (Phi) is 3.57. The molecule has 3 heteroatoms. The van der Waals surface area contributed by atoms with Crippen molar-refractivity contribution in [2.75, 3.05) is 0 Å². The van der Waals surface area contributed by atoms with Gasteiger partial charge in [-0.05, 0) is 30.2 Å². The average Bonchev–Trinajstić information content (AvgIpc) is 1.99. The van der Waals surface area contributed by atoms with Crippen molar-refractivity contribution in [1.82, 2.24) is 0 Å². The Bertz CT molecular complexity index is 264. The second-order valence-corrected chi connectivity index (χ2v) is 3.36. The first-order valence-electron chi connectivity index (χ1n) is 3.61. The summed E-state index contributed by atoms with van der Waals surface area (Å²) in [5.74, 6) is 0. The Morgan fingerprint density at radius 3 is 2.25 bits per heavy atom. The molecule has 1 rings (SSSR count). The maximum atomic E-state index is 10.1. The van der Waals surface area contributed by atoms with Crippen LogP contribution >= 0.6 is 23.2 Å². The topological polar surface area (TPSA) is 17.1 Å². The van der Waals surface area contributed by atoms with Gasteiger partial charge in [0.25, 0.3) is 0 Å². The summed E-state index contributed by atoms with van der Waals surface area (Å²) in [6.07, 6.45) is 2.09. The molecular weight excluding hydrogens is 195 g/mol. The predicted molar refractivity (Wildman–Crippen MR) is 50.8 cm³/mol. The quantitative estimate of drug-likeness (QED) is 0.689. The van der Waals surface area contributed by atoms with E-state index in [0.717, 1.165) is 11.8 Å². The van der Waals surface area contributed by atoms with Crippen LogP contribution in [0, 0.1) is 0 Å². The minimum Gasteiger partial charge on any atom is -0.303 e. The average molecular weight is 203 g/mol. The van der Waals surface area contributed by atoms with E-state index in [0.29, 0.717) is 22.9 Å². The molecule has 0 aromatic heterocycles. The van der Waals surface area contributed by atoms with Crippen LogP contribution < -0.4 is 0 Å². The molecule has 1 aromatic carbocycles. The third-order valence-corrected chi connectivity index (χ3v) is 1.91. The molecule has 0 heterocycles. The standard InChI is InChI=1S/C9H8Cl2O/c10-8-4-7(2-1-3-12)5-9(11)6-8/h3-6H,1-2H2. The van der Waals surface area contributed by atoms with Crippen LogP contribution in [0.25, 0.3) is 0 Å². The van der Waals surface area contributed by atoms with E-state index in [4.69, 9.17) is 23.2 Å². The molecule has 0 atom stereocenters. The van der Waals surface area contributed by atoms with E-state index < -0.39 is 0 Å². The number of benzene rings is 1. The molecule has 0 spiro atoms. The minimum atomic E-state index is 0.511. The lowest BCUT2D eigenvalue weighted by molar-refractivity contribution is -0.107. The van der Waals surface area contributed by atoms with E-state index >= 15 is 0 Å². The highest BCUT2D eigenvalue weighted by Crippen LogP contribution is 2.19. The molecule has 0 aliphatic rings. The summed E-state index contributed by atoms with van der Waals surface area (Å²) in [6.45, 7) is 0. The number of hydrogen-bond donors (Lipinski definition) is 0. The number of hydrogen-bond acceptors (Lipinski definition) is 1. The van der Waals surface area contributed by atoms with Gasteiger partial charge in [-0.3, -0.25) is 0 Å². The Morgan fingerprint density at radius 2 is 1.75 bits per heavy atom. The Balaban J connectivity index is 2.78. The van der Waals surface area contributed by atoms with Crippen LogP contribution in [-0.2, 0) is 11.2 Å². The van der Waals surface area contributed by atoms with Crippen molar-refractivity contribution in [3.05, 3.63) is 33.8 Å². The van der Waals surface area contributed by atoms with E-state index in [-0.39, 0.29) is 0 Å². The molecule has 0 fully saturated rings. The van der Waals surface area contributed by atoms with Crippen molar-refractivity contribution in [2.24, 2.45) is 0 Å². The molecule has 0 unspecified atom stereocenters. The molecule has 0 aliphatic carbocycles. The zero-order valence-electron chi connectivity index (χ0n) is 6.39. The van der Waals surface area contributed by atoms with Crippen LogP contribution in [0.15, 0.2) is 18.2 Å². The van der Waals surface area contributed by atoms with Crippen LogP contribution in [0.2, 0.25) is 10.0 Å². The van der Waals surface area contributed by atoms with Gasteiger partial charge in [-0.25, -0.2) is 0 Å². The van der Waals surface area contributed by atoms with Gasteiger partial charge in [-0.2, -0.15) is 0 Å². The van der Waals surface area contributed by atoms with Gasteiger partial charge in [0.2, 0.25) is 0 Å². The van der Waals surface area contributed by atoms with Crippen LogP contribution in [0.3, 0.4) is 0 Å². The summed E-state index contributed by atoms with van der Waals surface area (Å²) in [5, 5.41) is 1.23. The molecule has 1 aromatic rings. The number of carbonyl (C=O) groups is 1. The Morgan fingerprint density at radius 1 is 1.17 bits per heavy atom. The van der Waals surface area contributed by atoms with Gasteiger partial charge in [0.05, 0.1) is 0 Å². The molecule has 64 valence electrons. The zero-order valence-corrected chi connectivity index (χ0v) is 7.90. The third-order valence-electron chi connectivity index (χ3n) is 1.47. The van der Waals surface area contributed by atoms with Gasteiger partial charge in [0, 0.05) is 16.5 Å². The summed E-state index contributed by atoms with van der Waals surface area (Å²) in [7, 11) is 0. The summed E-state index contributed by atoms with van der Waals surface area (Å²) in [6, 6.07) is 5.31. The smallest absolute Gasteiger partial charge is 0.120 e. The van der Waals surface area contributed by atoms with E-state index in [2.05, 4.69) is 0 Å². The predicted octanol–water partition coefficient (Wildman–Crippen LogP) is 3.12. The van der Waals surface area contributed by atoms with Gasteiger partial charge in [-0.1, -0.05) is 23.2 Å². The van der Waals surface area contributed by atoms with Gasteiger partial charge < -0.3 is 4.79 Å². The fraction of sp³-hybridized carbons (Fsp3) is 0.222. The first-order chi connectivity index (χ1) is 5.72. The summed E-state index contributed by atoms with van der Waals surface area (Å²) < 4.78 is 0. The maximum absolute atomic E-state index is 10.1. The molecule has 12 heavy (non-hydrogen) atoms. The van der Waals surface area contributed by atoms with Crippen LogP contribution in [-0.4, -0.2) is 6.29 Å². The van der Waals surface area contributed by atoms with E-state index in [1.54, 1.807) is 6.07 Å². The van der Waals surface area contributed by atoms with Gasteiger partial charge in [-0.15, -0.1) is 0 Å². The molecule has 0 amide bonds. The molecule has 0 saturated carbocycles. The first-order valence-corrected chi connectivity index (χ1v) is 4.36. The SMILES string of the molecule is O=CCCc1cc(Cl)cc(Cl)c1. The normalized spacial score (nSPS) is 9.83. The fourth-order valence-electron chi connectivity index (χ4n) is 0.981. The molecule has 0 bridgehead atoms. The monoisotopic (exact) mass is 202 g/mol. The zero-order chi connectivity index (χ0) is 8.97. The molecule has 0 radical (unpaired) electrons. The van der Waals surface area contributed by atoms with E-state index in [1.165, 1.54) is 0 Å². The second kappa shape index (κ2) is 4.48.